The van der Waals surface area contributed by atoms with Crippen molar-refractivity contribution in [1.29, 1.82) is 0 Å². The van der Waals surface area contributed by atoms with Crippen LogP contribution >= 0.6 is 0 Å². The Morgan fingerprint density at radius 1 is 1.12 bits per heavy atom. The lowest BCUT2D eigenvalue weighted by Crippen LogP contribution is -2.31. The zero-order chi connectivity index (χ0) is 17.9. The molecule has 0 amide bonds. The summed E-state index contributed by atoms with van der Waals surface area (Å²) >= 11 is 0. The van der Waals surface area contributed by atoms with Gasteiger partial charge in [0, 0.05) is 18.5 Å². The zero-order valence-corrected chi connectivity index (χ0v) is 15.4. The summed E-state index contributed by atoms with van der Waals surface area (Å²) in [6, 6.07) is 19.2. The molecule has 0 radical (unpaired) electrons. The molecule has 4 rings (SSSR count). The fourth-order valence-electron chi connectivity index (χ4n) is 3.48. The van der Waals surface area contributed by atoms with Crippen LogP contribution in [0.1, 0.15) is 22.9 Å². The predicted octanol–water partition coefficient (Wildman–Crippen LogP) is 3.41. The van der Waals surface area contributed by atoms with Crippen molar-refractivity contribution in [2.45, 2.75) is 12.5 Å². The minimum atomic E-state index is 0.138. The first-order valence-electron chi connectivity index (χ1n) is 9.20. The third-order valence-corrected chi connectivity index (χ3v) is 4.89. The molecule has 4 heteroatoms. The molecular weight excluding hydrogens is 322 g/mol. The quantitative estimate of drug-likeness (QED) is 0.767. The molecule has 26 heavy (non-hydrogen) atoms. The molecule has 1 N–H and O–H groups in total. The summed E-state index contributed by atoms with van der Waals surface area (Å²) in [4.78, 5) is 7.02. The van der Waals surface area contributed by atoms with Gasteiger partial charge in [-0.3, -0.25) is 4.98 Å². The van der Waals surface area contributed by atoms with Crippen LogP contribution in [0.25, 0.3) is 10.9 Å². The summed E-state index contributed by atoms with van der Waals surface area (Å²) in [5.41, 5.74) is 4.78. The van der Waals surface area contributed by atoms with E-state index in [1.807, 2.05) is 6.07 Å². The van der Waals surface area contributed by atoms with E-state index in [2.05, 4.69) is 72.8 Å². The van der Waals surface area contributed by atoms with E-state index in [1.54, 1.807) is 0 Å². The molecule has 134 valence electrons. The summed E-state index contributed by atoms with van der Waals surface area (Å²) in [7, 11) is 4.12. The lowest BCUT2D eigenvalue weighted by atomic mass is 9.91. The molecule has 0 fully saturated rings. The smallest absolute Gasteiger partial charge is 0.119 e. The SMILES string of the molecule is CN(C)CCOc1ccc2c(c1)CCNC2c1ccc2ccccc2n1. The maximum absolute atomic E-state index is 5.90. The molecule has 1 aromatic heterocycles. The molecule has 0 aliphatic carbocycles. The van der Waals surface area contributed by atoms with Crippen LogP contribution < -0.4 is 10.1 Å². The minimum Gasteiger partial charge on any atom is -0.492 e. The number of para-hydroxylation sites is 1. The first-order chi connectivity index (χ1) is 12.7. The fraction of sp³-hybridized carbons (Fsp3) is 0.318. The molecule has 3 aromatic rings. The highest BCUT2D eigenvalue weighted by Crippen LogP contribution is 2.31. The molecule has 0 bridgehead atoms. The first-order valence-corrected chi connectivity index (χ1v) is 9.20. The van der Waals surface area contributed by atoms with Crippen LogP contribution in [0.4, 0.5) is 0 Å². The largest absolute Gasteiger partial charge is 0.492 e. The van der Waals surface area contributed by atoms with Crippen molar-refractivity contribution in [3.63, 3.8) is 0 Å². The van der Waals surface area contributed by atoms with Crippen molar-refractivity contribution in [3.05, 3.63) is 71.4 Å². The summed E-state index contributed by atoms with van der Waals surface area (Å²) < 4.78 is 5.90. The lowest BCUT2D eigenvalue weighted by molar-refractivity contribution is 0.261. The molecule has 1 aliphatic rings. The molecule has 4 nitrogen and oxygen atoms in total. The second-order valence-corrected chi connectivity index (χ2v) is 7.08. The van der Waals surface area contributed by atoms with Gasteiger partial charge in [-0.25, -0.2) is 0 Å². The summed E-state index contributed by atoms with van der Waals surface area (Å²) in [5, 5.41) is 4.80. The molecule has 1 atom stereocenters. The molecule has 1 unspecified atom stereocenters. The lowest BCUT2D eigenvalue weighted by Gasteiger charge is -2.27. The zero-order valence-electron chi connectivity index (χ0n) is 15.4. The molecule has 2 heterocycles. The van der Waals surface area contributed by atoms with Gasteiger partial charge in [0.25, 0.3) is 0 Å². The Hall–Kier alpha value is -2.43. The number of benzene rings is 2. The van der Waals surface area contributed by atoms with Crippen molar-refractivity contribution < 1.29 is 4.74 Å². The van der Waals surface area contributed by atoms with E-state index >= 15 is 0 Å². The highest BCUT2D eigenvalue weighted by Gasteiger charge is 2.23. The third kappa shape index (κ3) is 3.57. The Kier molecular flexibility index (Phi) is 4.87. The van der Waals surface area contributed by atoms with E-state index in [1.165, 1.54) is 16.5 Å². The van der Waals surface area contributed by atoms with E-state index in [9.17, 15) is 0 Å². The number of pyridine rings is 1. The maximum Gasteiger partial charge on any atom is 0.119 e. The Morgan fingerprint density at radius 3 is 2.88 bits per heavy atom. The number of nitrogens with one attached hydrogen (secondary N) is 1. The molecular formula is C22H25N3O. The minimum absolute atomic E-state index is 0.138. The monoisotopic (exact) mass is 347 g/mol. The highest BCUT2D eigenvalue weighted by atomic mass is 16.5. The normalized spacial score (nSPS) is 16.7. The van der Waals surface area contributed by atoms with Crippen LogP contribution in [0.15, 0.2) is 54.6 Å². The number of hydrogen-bond acceptors (Lipinski definition) is 4. The summed E-state index contributed by atoms with van der Waals surface area (Å²) in [6.45, 7) is 2.58. The molecule has 1 aliphatic heterocycles. The molecule has 0 saturated carbocycles. The maximum atomic E-state index is 5.90. The van der Waals surface area contributed by atoms with E-state index < -0.39 is 0 Å². The number of likely N-dealkylation sites (N-methyl/N-ethyl adjacent to an activating group) is 1. The van der Waals surface area contributed by atoms with Gasteiger partial charge in [-0.1, -0.05) is 30.3 Å². The first kappa shape index (κ1) is 17.0. The van der Waals surface area contributed by atoms with Gasteiger partial charge in [0.05, 0.1) is 17.3 Å². The molecule has 0 spiro atoms. The average Bonchev–Trinajstić information content (AvgIpc) is 2.66. The van der Waals surface area contributed by atoms with Crippen LogP contribution in [0, 0.1) is 0 Å². The standard InChI is InChI=1S/C22H25N3O/c1-25(2)13-14-26-18-8-9-19-17(15-18)11-12-23-22(19)21-10-7-16-5-3-4-6-20(16)24-21/h3-10,15,22-23H,11-14H2,1-2H3. The summed E-state index contributed by atoms with van der Waals surface area (Å²) in [6.07, 6.45) is 1.02. The Bertz CT molecular complexity index is 907. The fourth-order valence-corrected chi connectivity index (χ4v) is 3.48. The third-order valence-electron chi connectivity index (χ3n) is 4.89. The molecule has 0 saturated heterocycles. The van der Waals surface area contributed by atoms with Crippen LogP contribution in [0.5, 0.6) is 5.75 Å². The number of hydrogen-bond donors (Lipinski definition) is 1. The van der Waals surface area contributed by atoms with E-state index in [-0.39, 0.29) is 6.04 Å². The second kappa shape index (κ2) is 7.44. The van der Waals surface area contributed by atoms with Gasteiger partial charge in [0.1, 0.15) is 12.4 Å². The number of ether oxygens (including phenoxy) is 1. The van der Waals surface area contributed by atoms with E-state index in [0.29, 0.717) is 6.61 Å². The number of nitrogens with zero attached hydrogens (tertiary/aromatic N) is 2. The van der Waals surface area contributed by atoms with Crippen LogP contribution in [0.3, 0.4) is 0 Å². The second-order valence-electron chi connectivity index (χ2n) is 7.08. The van der Waals surface area contributed by atoms with Crippen molar-refractivity contribution >= 4 is 10.9 Å². The Morgan fingerprint density at radius 2 is 2.00 bits per heavy atom. The van der Waals surface area contributed by atoms with Crippen molar-refractivity contribution in [2.75, 3.05) is 33.8 Å². The Labute approximate surface area is 154 Å². The number of aromatic nitrogens is 1. The van der Waals surface area contributed by atoms with Gasteiger partial charge in [-0.2, -0.15) is 0 Å². The van der Waals surface area contributed by atoms with Gasteiger partial charge in [0.2, 0.25) is 0 Å². The Balaban J connectivity index is 1.60. The van der Waals surface area contributed by atoms with Crippen molar-refractivity contribution in [2.24, 2.45) is 0 Å². The van der Waals surface area contributed by atoms with Crippen LogP contribution in [0.2, 0.25) is 0 Å². The highest BCUT2D eigenvalue weighted by molar-refractivity contribution is 5.78. The van der Waals surface area contributed by atoms with Gasteiger partial charge in [-0.05, 0) is 55.9 Å². The van der Waals surface area contributed by atoms with Crippen molar-refractivity contribution in [3.8, 4) is 5.75 Å². The number of rotatable bonds is 5. The van der Waals surface area contributed by atoms with Crippen LogP contribution in [-0.4, -0.2) is 43.7 Å². The van der Waals surface area contributed by atoms with Crippen molar-refractivity contribution in [1.82, 2.24) is 15.2 Å². The van der Waals surface area contributed by atoms with Gasteiger partial charge >= 0.3 is 0 Å². The van der Waals surface area contributed by atoms with Gasteiger partial charge < -0.3 is 15.0 Å². The van der Waals surface area contributed by atoms with Gasteiger partial charge in [-0.15, -0.1) is 0 Å². The van der Waals surface area contributed by atoms with Gasteiger partial charge in [0.15, 0.2) is 0 Å². The predicted molar refractivity (Wildman–Crippen MR) is 106 cm³/mol. The summed E-state index contributed by atoms with van der Waals surface area (Å²) in [5.74, 6) is 0.956. The topological polar surface area (TPSA) is 37.4 Å². The van der Waals surface area contributed by atoms with E-state index in [4.69, 9.17) is 9.72 Å². The average molecular weight is 347 g/mol. The van der Waals surface area contributed by atoms with Crippen LogP contribution in [-0.2, 0) is 6.42 Å². The number of fused-ring (bicyclic) bond motifs is 2. The molecule has 2 aromatic carbocycles. The van der Waals surface area contributed by atoms with E-state index in [0.717, 1.165) is 36.5 Å².